The van der Waals surface area contributed by atoms with Gasteiger partial charge in [-0.2, -0.15) is 0 Å². The molecule has 0 radical (unpaired) electrons. The summed E-state index contributed by atoms with van der Waals surface area (Å²) in [7, 11) is 0. The quantitative estimate of drug-likeness (QED) is 0.830. The van der Waals surface area contributed by atoms with Crippen LogP contribution >= 0.6 is 15.9 Å². The molecule has 20 heavy (non-hydrogen) atoms. The molecule has 1 aromatic carbocycles. The van der Waals surface area contributed by atoms with E-state index >= 15 is 0 Å². The number of nitrogens with zero attached hydrogens (tertiary/aromatic N) is 2. The minimum absolute atomic E-state index is 0.101. The summed E-state index contributed by atoms with van der Waals surface area (Å²) in [6.45, 7) is 1.82. The van der Waals surface area contributed by atoms with Gasteiger partial charge in [0.05, 0.1) is 0 Å². The van der Waals surface area contributed by atoms with Gasteiger partial charge in [-0.05, 0) is 24.5 Å². The summed E-state index contributed by atoms with van der Waals surface area (Å²) in [5.41, 5.74) is 1.08. The molecule has 0 aliphatic carbocycles. The third-order valence-corrected chi connectivity index (χ3v) is 4.86. The SMILES string of the molecule is O=C1C2CCCN2C(=O)CCN1Cc1ccccc1Br. The maximum absolute atomic E-state index is 12.6. The van der Waals surface area contributed by atoms with Crippen molar-refractivity contribution in [2.75, 3.05) is 13.1 Å². The van der Waals surface area contributed by atoms with Crippen molar-refractivity contribution in [1.29, 1.82) is 0 Å². The third-order valence-electron chi connectivity index (χ3n) is 4.08. The van der Waals surface area contributed by atoms with Crippen LogP contribution in [0.15, 0.2) is 28.7 Å². The summed E-state index contributed by atoms with van der Waals surface area (Å²) in [5.74, 6) is 0.222. The summed E-state index contributed by atoms with van der Waals surface area (Å²) in [6.07, 6.45) is 2.18. The molecule has 1 atom stereocenters. The van der Waals surface area contributed by atoms with E-state index in [9.17, 15) is 9.59 Å². The fourth-order valence-electron chi connectivity index (χ4n) is 3.01. The van der Waals surface area contributed by atoms with Crippen LogP contribution in [0.2, 0.25) is 0 Å². The molecule has 0 aromatic heterocycles. The van der Waals surface area contributed by atoms with Gasteiger partial charge in [-0.1, -0.05) is 34.1 Å². The summed E-state index contributed by atoms with van der Waals surface area (Å²) < 4.78 is 1.01. The monoisotopic (exact) mass is 336 g/mol. The van der Waals surface area contributed by atoms with Gasteiger partial charge in [0.15, 0.2) is 0 Å². The molecule has 2 aliphatic rings. The number of rotatable bonds is 2. The normalized spacial score (nSPS) is 22.9. The molecule has 0 spiro atoms. The molecule has 0 saturated carbocycles. The molecule has 2 saturated heterocycles. The lowest BCUT2D eigenvalue weighted by Crippen LogP contribution is -2.43. The lowest BCUT2D eigenvalue weighted by Gasteiger charge is -2.25. The lowest BCUT2D eigenvalue weighted by molar-refractivity contribution is -0.139. The van der Waals surface area contributed by atoms with Crippen LogP contribution in [0.1, 0.15) is 24.8 Å². The van der Waals surface area contributed by atoms with Crippen LogP contribution in [0, 0.1) is 0 Å². The van der Waals surface area contributed by atoms with Gasteiger partial charge < -0.3 is 9.80 Å². The van der Waals surface area contributed by atoms with Crippen molar-refractivity contribution in [1.82, 2.24) is 9.80 Å². The number of benzene rings is 1. The standard InChI is InChI=1S/C15H17BrN2O2/c16-12-5-2-1-4-11(12)10-17-9-7-14(19)18-8-3-6-13(18)15(17)20/h1-2,4-5,13H,3,6-10H2. The van der Waals surface area contributed by atoms with Crippen LogP contribution in [0.25, 0.3) is 0 Å². The van der Waals surface area contributed by atoms with Gasteiger partial charge in [0.2, 0.25) is 11.8 Å². The van der Waals surface area contributed by atoms with Crippen molar-refractivity contribution < 1.29 is 9.59 Å². The minimum Gasteiger partial charge on any atom is -0.336 e. The van der Waals surface area contributed by atoms with Crippen molar-refractivity contribution in [2.45, 2.75) is 31.8 Å². The van der Waals surface area contributed by atoms with Crippen LogP contribution in [0.5, 0.6) is 0 Å². The lowest BCUT2D eigenvalue weighted by atomic mass is 10.1. The van der Waals surface area contributed by atoms with E-state index in [-0.39, 0.29) is 17.9 Å². The molecule has 3 rings (SSSR count). The van der Waals surface area contributed by atoms with Gasteiger partial charge >= 0.3 is 0 Å². The first-order chi connectivity index (χ1) is 9.66. The molecule has 2 heterocycles. The van der Waals surface area contributed by atoms with E-state index in [0.717, 1.165) is 29.4 Å². The molecule has 2 aliphatic heterocycles. The Morgan fingerprint density at radius 1 is 1.20 bits per heavy atom. The predicted molar refractivity (Wildman–Crippen MR) is 78.9 cm³/mol. The van der Waals surface area contributed by atoms with Crippen molar-refractivity contribution >= 4 is 27.7 Å². The van der Waals surface area contributed by atoms with E-state index in [4.69, 9.17) is 0 Å². The first kappa shape index (κ1) is 13.6. The topological polar surface area (TPSA) is 40.6 Å². The molecule has 2 fully saturated rings. The van der Waals surface area contributed by atoms with E-state index in [1.807, 2.05) is 29.2 Å². The van der Waals surface area contributed by atoms with Crippen molar-refractivity contribution in [3.05, 3.63) is 34.3 Å². The molecule has 4 nitrogen and oxygen atoms in total. The van der Waals surface area contributed by atoms with Gasteiger partial charge in [-0.15, -0.1) is 0 Å². The molecule has 0 bridgehead atoms. The Labute approximate surface area is 126 Å². The first-order valence-corrected chi connectivity index (χ1v) is 7.78. The van der Waals surface area contributed by atoms with Crippen LogP contribution in [0.3, 0.4) is 0 Å². The summed E-state index contributed by atoms with van der Waals surface area (Å²) in [6, 6.07) is 7.68. The Morgan fingerprint density at radius 2 is 2.00 bits per heavy atom. The van der Waals surface area contributed by atoms with Gasteiger partial charge in [0, 0.05) is 30.5 Å². The van der Waals surface area contributed by atoms with Crippen LogP contribution in [-0.4, -0.2) is 40.7 Å². The average Bonchev–Trinajstić information content (AvgIpc) is 2.90. The molecule has 1 unspecified atom stereocenters. The van der Waals surface area contributed by atoms with Gasteiger partial charge in [0.1, 0.15) is 6.04 Å². The maximum Gasteiger partial charge on any atom is 0.245 e. The van der Waals surface area contributed by atoms with Gasteiger partial charge in [-0.25, -0.2) is 0 Å². The van der Waals surface area contributed by atoms with Crippen LogP contribution in [-0.2, 0) is 16.1 Å². The molecular weight excluding hydrogens is 320 g/mol. The van der Waals surface area contributed by atoms with Crippen molar-refractivity contribution in [3.63, 3.8) is 0 Å². The average molecular weight is 337 g/mol. The van der Waals surface area contributed by atoms with Crippen molar-refractivity contribution in [3.8, 4) is 0 Å². The van der Waals surface area contributed by atoms with E-state index < -0.39 is 0 Å². The number of carbonyl (C=O) groups excluding carboxylic acids is 2. The zero-order valence-electron chi connectivity index (χ0n) is 11.2. The van der Waals surface area contributed by atoms with Crippen LogP contribution in [0.4, 0.5) is 0 Å². The van der Waals surface area contributed by atoms with Crippen LogP contribution < -0.4 is 0 Å². The zero-order valence-corrected chi connectivity index (χ0v) is 12.8. The fraction of sp³-hybridized carbons (Fsp3) is 0.467. The smallest absolute Gasteiger partial charge is 0.245 e. The second-order valence-corrected chi connectivity index (χ2v) is 6.20. The van der Waals surface area contributed by atoms with Crippen molar-refractivity contribution in [2.24, 2.45) is 0 Å². The van der Waals surface area contributed by atoms with Gasteiger partial charge in [0.25, 0.3) is 0 Å². The summed E-state index contributed by atoms with van der Waals surface area (Å²) in [4.78, 5) is 28.2. The number of hydrogen-bond acceptors (Lipinski definition) is 2. The second-order valence-electron chi connectivity index (χ2n) is 5.35. The number of hydrogen-bond donors (Lipinski definition) is 0. The van der Waals surface area contributed by atoms with E-state index in [1.165, 1.54) is 0 Å². The summed E-state index contributed by atoms with van der Waals surface area (Å²) in [5, 5.41) is 0. The Morgan fingerprint density at radius 3 is 2.80 bits per heavy atom. The highest BCUT2D eigenvalue weighted by Crippen LogP contribution is 2.25. The van der Waals surface area contributed by atoms with E-state index in [2.05, 4.69) is 15.9 Å². The highest BCUT2D eigenvalue weighted by atomic mass is 79.9. The molecule has 2 amide bonds. The number of carbonyl (C=O) groups is 2. The molecule has 1 aromatic rings. The Kier molecular flexibility index (Phi) is 3.78. The minimum atomic E-state index is -0.229. The molecule has 106 valence electrons. The maximum atomic E-state index is 12.6. The largest absolute Gasteiger partial charge is 0.336 e. The highest BCUT2D eigenvalue weighted by molar-refractivity contribution is 9.10. The van der Waals surface area contributed by atoms with E-state index in [1.54, 1.807) is 4.90 Å². The Bertz CT molecular complexity index is 546. The number of fused-ring (bicyclic) bond motifs is 1. The second kappa shape index (κ2) is 5.56. The zero-order chi connectivity index (χ0) is 14.1. The molecular formula is C15H17BrN2O2. The fourth-order valence-corrected chi connectivity index (χ4v) is 3.42. The number of amides is 2. The summed E-state index contributed by atoms with van der Waals surface area (Å²) >= 11 is 3.52. The third kappa shape index (κ3) is 2.46. The Balaban J connectivity index is 1.81. The van der Waals surface area contributed by atoms with E-state index in [0.29, 0.717) is 19.5 Å². The molecule has 0 N–H and O–H groups in total. The number of halogens is 1. The highest BCUT2D eigenvalue weighted by Gasteiger charge is 2.39. The van der Waals surface area contributed by atoms with Gasteiger partial charge in [-0.3, -0.25) is 9.59 Å². The Hall–Kier alpha value is -1.36. The molecule has 5 heteroatoms. The first-order valence-electron chi connectivity index (χ1n) is 6.98. The predicted octanol–water partition coefficient (Wildman–Crippen LogP) is 2.17.